The molecule has 1 aromatic rings. The Bertz CT molecular complexity index is 482. The minimum Gasteiger partial charge on any atom is -0.341 e. The summed E-state index contributed by atoms with van der Waals surface area (Å²) < 4.78 is 27.6. The minimum atomic E-state index is -0.854. The van der Waals surface area contributed by atoms with Crippen LogP contribution in [0.25, 0.3) is 0 Å². The topological polar surface area (TPSA) is 20.3 Å². The van der Waals surface area contributed by atoms with Crippen molar-refractivity contribution >= 4 is 33.4 Å². The van der Waals surface area contributed by atoms with Crippen LogP contribution in [0, 0.1) is 17.6 Å². The fraction of sp³-hybridized carbons (Fsp3) is 0.462. The summed E-state index contributed by atoms with van der Waals surface area (Å²) in [5.41, 5.74) is -0.507. The van der Waals surface area contributed by atoms with Gasteiger partial charge in [-0.15, -0.1) is 11.6 Å². The third kappa shape index (κ3) is 3.26. The fourth-order valence-corrected chi connectivity index (χ4v) is 3.12. The molecule has 0 aromatic heterocycles. The van der Waals surface area contributed by atoms with Crippen molar-refractivity contribution in [3.63, 3.8) is 0 Å². The second kappa shape index (κ2) is 5.75. The van der Waals surface area contributed by atoms with Crippen molar-refractivity contribution in [3.05, 3.63) is 33.8 Å². The Morgan fingerprint density at radius 2 is 1.95 bits per heavy atom. The van der Waals surface area contributed by atoms with Gasteiger partial charge < -0.3 is 4.90 Å². The number of amides is 1. The highest BCUT2D eigenvalue weighted by molar-refractivity contribution is 9.10. The summed E-state index contributed by atoms with van der Waals surface area (Å²) >= 11 is 8.84. The van der Waals surface area contributed by atoms with Gasteiger partial charge in [-0.1, -0.05) is 15.9 Å². The number of hydrogen-bond donors (Lipinski definition) is 0. The van der Waals surface area contributed by atoms with Crippen LogP contribution in [0.15, 0.2) is 16.6 Å². The van der Waals surface area contributed by atoms with Gasteiger partial charge in [-0.2, -0.15) is 0 Å². The van der Waals surface area contributed by atoms with Crippen LogP contribution in [0.1, 0.15) is 23.2 Å². The van der Waals surface area contributed by atoms with E-state index in [1.165, 1.54) is 4.90 Å². The van der Waals surface area contributed by atoms with Crippen molar-refractivity contribution in [1.29, 1.82) is 0 Å². The molecule has 1 aromatic carbocycles. The van der Waals surface area contributed by atoms with Crippen molar-refractivity contribution < 1.29 is 13.6 Å². The van der Waals surface area contributed by atoms with Gasteiger partial charge in [-0.25, -0.2) is 8.78 Å². The summed E-state index contributed by atoms with van der Waals surface area (Å²) in [6.45, 7) is 0.469. The van der Waals surface area contributed by atoms with Gasteiger partial charge in [0.1, 0.15) is 17.2 Å². The number of carbonyl (C=O) groups is 1. The van der Waals surface area contributed by atoms with Gasteiger partial charge in [0.15, 0.2) is 0 Å². The van der Waals surface area contributed by atoms with Crippen LogP contribution in [0.3, 0.4) is 0 Å². The average molecular weight is 353 g/mol. The molecule has 2 nitrogen and oxygen atoms in total. The Balaban J connectivity index is 2.10. The quantitative estimate of drug-likeness (QED) is 0.757. The van der Waals surface area contributed by atoms with E-state index in [4.69, 9.17) is 11.6 Å². The molecule has 0 spiro atoms. The summed E-state index contributed by atoms with van der Waals surface area (Å²) in [5, 5.41) is 0.162. The summed E-state index contributed by atoms with van der Waals surface area (Å²) in [4.78, 5) is 13.4. The molecule has 0 radical (unpaired) electrons. The van der Waals surface area contributed by atoms with E-state index < -0.39 is 23.1 Å². The normalized spacial score (nSPS) is 21.9. The molecule has 1 fully saturated rings. The van der Waals surface area contributed by atoms with Crippen molar-refractivity contribution in [2.24, 2.45) is 5.92 Å². The van der Waals surface area contributed by atoms with E-state index in [1.54, 1.807) is 7.05 Å². The number of rotatable bonds is 3. The van der Waals surface area contributed by atoms with Crippen molar-refractivity contribution in [2.75, 3.05) is 13.6 Å². The lowest BCUT2D eigenvalue weighted by atomic mass is 9.84. The van der Waals surface area contributed by atoms with Gasteiger partial charge in [0.25, 0.3) is 5.91 Å². The second-order valence-electron chi connectivity index (χ2n) is 4.86. The molecule has 1 saturated carbocycles. The van der Waals surface area contributed by atoms with Crippen LogP contribution in [0.4, 0.5) is 8.78 Å². The maximum Gasteiger partial charge on any atom is 0.259 e. The lowest BCUT2D eigenvalue weighted by Gasteiger charge is -2.34. The van der Waals surface area contributed by atoms with Crippen LogP contribution in [-0.4, -0.2) is 29.8 Å². The summed E-state index contributed by atoms with van der Waals surface area (Å²) in [5.74, 6) is -2.03. The molecule has 0 saturated heterocycles. The van der Waals surface area contributed by atoms with Gasteiger partial charge in [0.05, 0.1) is 0 Å². The highest BCUT2D eigenvalue weighted by atomic mass is 79.9. The molecule has 0 heterocycles. The minimum absolute atomic E-state index is 0.162. The Kier molecular flexibility index (Phi) is 4.46. The van der Waals surface area contributed by atoms with Gasteiger partial charge in [-0.05, 0) is 30.9 Å². The summed E-state index contributed by atoms with van der Waals surface area (Å²) in [7, 11) is 1.55. The third-order valence-corrected chi connectivity index (χ3v) is 4.09. The second-order valence-corrected chi connectivity index (χ2v) is 6.40. The molecule has 1 amide bonds. The molecular formula is C13H13BrClF2NO. The molecule has 0 aliphatic heterocycles. The Morgan fingerprint density at radius 1 is 1.42 bits per heavy atom. The standard InChI is InChI=1S/C13H13BrClF2NO/c1-18(6-7-2-9(15)3-7)13(19)12-10(16)4-8(14)5-11(12)17/h4-5,7,9H,2-3,6H2,1H3. The predicted molar refractivity (Wildman–Crippen MR) is 73.4 cm³/mol. The van der Waals surface area contributed by atoms with Crippen LogP contribution in [-0.2, 0) is 0 Å². The number of carbonyl (C=O) groups excluding carboxylic acids is 1. The molecule has 2 rings (SSSR count). The number of alkyl halides is 1. The predicted octanol–water partition coefficient (Wildman–Crippen LogP) is 3.82. The highest BCUT2D eigenvalue weighted by Gasteiger charge is 2.30. The zero-order valence-electron chi connectivity index (χ0n) is 10.3. The van der Waals surface area contributed by atoms with Crippen LogP contribution in [0.2, 0.25) is 0 Å². The van der Waals surface area contributed by atoms with Crippen LogP contribution >= 0.6 is 27.5 Å². The lowest BCUT2D eigenvalue weighted by molar-refractivity contribution is 0.0737. The smallest absolute Gasteiger partial charge is 0.259 e. The lowest BCUT2D eigenvalue weighted by Crippen LogP contribution is -2.38. The molecule has 0 atom stereocenters. The maximum atomic E-state index is 13.7. The first-order chi connectivity index (χ1) is 8.88. The molecule has 0 unspecified atom stereocenters. The molecule has 0 N–H and O–H groups in total. The van der Waals surface area contributed by atoms with E-state index in [0.29, 0.717) is 12.5 Å². The van der Waals surface area contributed by atoms with Crippen molar-refractivity contribution in [1.82, 2.24) is 4.90 Å². The maximum absolute atomic E-state index is 13.7. The van der Waals surface area contributed by atoms with Crippen LogP contribution in [0.5, 0.6) is 0 Å². The summed E-state index contributed by atoms with van der Waals surface area (Å²) in [6, 6.07) is 2.17. The van der Waals surface area contributed by atoms with Gasteiger partial charge in [0.2, 0.25) is 0 Å². The Labute approximate surface area is 123 Å². The zero-order chi connectivity index (χ0) is 14.2. The average Bonchev–Trinajstić information content (AvgIpc) is 2.25. The first kappa shape index (κ1) is 14.7. The van der Waals surface area contributed by atoms with E-state index in [-0.39, 0.29) is 9.85 Å². The Hall–Kier alpha value is -0.680. The van der Waals surface area contributed by atoms with E-state index in [9.17, 15) is 13.6 Å². The van der Waals surface area contributed by atoms with E-state index in [0.717, 1.165) is 25.0 Å². The molecule has 19 heavy (non-hydrogen) atoms. The van der Waals surface area contributed by atoms with Gasteiger partial charge in [-0.3, -0.25) is 4.79 Å². The summed E-state index contributed by atoms with van der Waals surface area (Å²) in [6.07, 6.45) is 1.68. The van der Waals surface area contributed by atoms with Crippen LogP contribution < -0.4 is 0 Å². The molecule has 6 heteroatoms. The zero-order valence-corrected chi connectivity index (χ0v) is 12.6. The third-order valence-electron chi connectivity index (χ3n) is 3.28. The van der Waals surface area contributed by atoms with Gasteiger partial charge >= 0.3 is 0 Å². The van der Waals surface area contributed by atoms with E-state index in [1.807, 2.05) is 0 Å². The Morgan fingerprint density at radius 3 is 2.42 bits per heavy atom. The molecule has 104 valence electrons. The van der Waals surface area contributed by atoms with Crippen molar-refractivity contribution in [3.8, 4) is 0 Å². The first-order valence-corrected chi connectivity index (χ1v) is 7.15. The molecular weight excluding hydrogens is 340 g/mol. The number of nitrogens with zero attached hydrogens (tertiary/aromatic N) is 1. The van der Waals surface area contributed by atoms with E-state index in [2.05, 4.69) is 15.9 Å². The number of hydrogen-bond acceptors (Lipinski definition) is 1. The first-order valence-electron chi connectivity index (χ1n) is 5.92. The monoisotopic (exact) mass is 351 g/mol. The number of halogens is 4. The van der Waals surface area contributed by atoms with Gasteiger partial charge in [0, 0.05) is 23.4 Å². The molecule has 0 bridgehead atoms. The SMILES string of the molecule is CN(CC1CC(Cl)C1)C(=O)c1c(F)cc(Br)cc1F. The van der Waals surface area contributed by atoms with E-state index >= 15 is 0 Å². The largest absolute Gasteiger partial charge is 0.341 e. The van der Waals surface area contributed by atoms with Crippen molar-refractivity contribution in [2.45, 2.75) is 18.2 Å². The molecule has 1 aliphatic carbocycles. The molecule has 1 aliphatic rings. The highest BCUT2D eigenvalue weighted by Crippen LogP contribution is 2.32. The fourth-order valence-electron chi connectivity index (χ4n) is 2.21. The number of benzene rings is 1.